The molecular weight excluding hydrogens is 226 g/mol. The van der Waals surface area contributed by atoms with Gasteiger partial charge in [-0.25, -0.2) is 0 Å². The van der Waals surface area contributed by atoms with E-state index in [0.717, 1.165) is 12.1 Å². The summed E-state index contributed by atoms with van der Waals surface area (Å²) in [7, 11) is 1.71. The lowest BCUT2D eigenvalue weighted by Crippen LogP contribution is -2.35. The van der Waals surface area contributed by atoms with Gasteiger partial charge in [0.2, 0.25) is 0 Å². The van der Waals surface area contributed by atoms with E-state index in [0.29, 0.717) is 31.4 Å². The Morgan fingerprint density at radius 1 is 1.33 bits per heavy atom. The summed E-state index contributed by atoms with van der Waals surface area (Å²) in [5.41, 5.74) is 1.10. The maximum Gasteiger partial charge on any atom is 0.151 e. The molecule has 0 aliphatic heterocycles. The molecule has 98 valence electrons. The van der Waals surface area contributed by atoms with Gasteiger partial charge in [-0.15, -0.1) is 0 Å². The zero-order valence-electron chi connectivity index (χ0n) is 11.0. The van der Waals surface area contributed by atoms with Crippen molar-refractivity contribution in [2.45, 2.75) is 25.3 Å². The normalized spacial score (nSPS) is 15.0. The molecular formula is C15H21NO2. The first-order valence-corrected chi connectivity index (χ1v) is 6.58. The van der Waals surface area contributed by atoms with Gasteiger partial charge < -0.3 is 4.74 Å². The SMILES string of the molecule is COCCN(CC(=O)Cc1ccccc1)C1CC1. The molecule has 18 heavy (non-hydrogen) atoms. The standard InChI is InChI=1S/C15H21NO2/c1-18-10-9-16(14-7-8-14)12-15(17)11-13-5-3-2-4-6-13/h2-6,14H,7-12H2,1H3. The summed E-state index contributed by atoms with van der Waals surface area (Å²) in [4.78, 5) is 14.3. The number of carbonyl (C=O) groups is 1. The van der Waals surface area contributed by atoms with Crippen molar-refractivity contribution in [3.8, 4) is 0 Å². The summed E-state index contributed by atoms with van der Waals surface area (Å²) in [6, 6.07) is 10.6. The van der Waals surface area contributed by atoms with E-state index in [1.54, 1.807) is 7.11 Å². The quantitative estimate of drug-likeness (QED) is 0.703. The van der Waals surface area contributed by atoms with E-state index in [2.05, 4.69) is 4.90 Å². The van der Waals surface area contributed by atoms with Crippen molar-refractivity contribution in [3.05, 3.63) is 35.9 Å². The van der Waals surface area contributed by atoms with Gasteiger partial charge in [0.05, 0.1) is 13.2 Å². The molecule has 1 aromatic carbocycles. The van der Waals surface area contributed by atoms with Gasteiger partial charge in [0.1, 0.15) is 0 Å². The maximum atomic E-state index is 12.0. The molecule has 0 heterocycles. The molecule has 0 aromatic heterocycles. The van der Waals surface area contributed by atoms with Gasteiger partial charge in [-0.1, -0.05) is 30.3 Å². The number of ketones is 1. The summed E-state index contributed by atoms with van der Waals surface area (Å²) in [5, 5.41) is 0. The van der Waals surface area contributed by atoms with Crippen LogP contribution < -0.4 is 0 Å². The summed E-state index contributed by atoms with van der Waals surface area (Å²) in [6.45, 7) is 2.12. The lowest BCUT2D eigenvalue weighted by molar-refractivity contribution is -0.119. The molecule has 0 spiro atoms. The minimum Gasteiger partial charge on any atom is -0.383 e. The number of rotatable bonds is 8. The van der Waals surface area contributed by atoms with Crippen LogP contribution in [0.2, 0.25) is 0 Å². The molecule has 2 rings (SSSR count). The second-order valence-electron chi connectivity index (χ2n) is 4.90. The molecule has 0 bridgehead atoms. The molecule has 3 heteroatoms. The molecule has 1 fully saturated rings. The number of nitrogens with zero attached hydrogens (tertiary/aromatic N) is 1. The van der Waals surface area contributed by atoms with Crippen molar-refractivity contribution in [2.24, 2.45) is 0 Å². The zero-order chi connectivity index (χ0) is 12.8. The fourth-order valence-corrected chi connectivity index (χ4v) is 2.14. The van der Waals surface area contributed by atoms with Crippen LogP contribution in [0, 0.1) is 0 Å². The first kappa shape index (κ1) is 13.2. The van der Waals surface area contributed by atoms with E-state index in [1.807, 2.05) is 30.3 Å². The highest BCUT2D eigenvalue weighted by Gasteiger charge is 2.29. The Balaban J connectivity index is 1.81. The topological polar surface area (TPSA) is 29.5 Å². The monoisotopic (exact) mass is 247 g/mol. The van der Waals surface area contributed by atoms with Crippen LogP contribution in [-0.2, 0) is 16.0 Å². The smallest absolute Gasteiger partial charge is 0.151 e. The number of hydrogen-bond acceptors (Lipinski definition) is 3. The van der Waals surface area contributed by atoms with E-state index in [4.69, 9.17) is 4.74 Å². The predicted molar refractivity (Wildman–Crippen MR) is 71.6 cm³/mol. The van der Waals surface area contributed by atoms with Crippen LogP contribution in [-0.4, -0.2) is 43.5 Å². The second-order valence-corrected chi connectivity index (χ2v) is 4.90. The van der Waals surface area contributed by atoms with Crippen LogP contribution in [0.15, 0.2) is 30.3 Å². The Bertz CT molecular complexity index is 373. The van der Waals surface area contributed by atoms with E-state index in [9.17, 15) is 4.79 Å². The predicted octanol–water partition coefficient (Wildman–Crippen LogP) is 1.91. The van der Waals surface area contributed by atoms with Crippen molar-refractivity contribution >= 4 is 5.78 Å². The molecule has 1 saturated carbocycles. The highest BCUT2D eigenvalue weighted by Crippen LogP contribution is 2.26. The first-order valence-electron chi connectivity index (χ1n) is 6.58. The minimum atomic E-state index is 0.296. The van der Waals surface area contributed by atoms with E-state index in [-0.39, 0.29) is 0 Å². The molecule has 0 unspecified atom stereocenters. The first-order chi connectivity index (χ1) is 8.79. The van der Waals surface area contributed by atoms with Gasteiger partial charge >= 0.3 is 0 Å². The Labute approximate surface area is 109 Å². The van der Waals surface area contributed by atoms with Crippen LogP contribution in [0.25, 0.3) is 0 Å². The van der Waals surface area contributed by atoms with Gasteiger partial charge in [0, 0.05) is 26.1 Å². The van der Waals surface area contributed by atoms with Crippen molar-refractivity contribution < 1.29 is 9.53 Å². The van der Waals surface area contributed by atoms with Gasteiger partial charge in [0.25, 0.3) is 0 Å². The summed E-state index contributed by atoms with van der Waals surface area (Å²) >= 11 is 0. The zero-order valence-corrected chi connectivity index (χ0v) is 11.0. The highest BCUT2D eigenvalue weighted by molar-refractivity contribution is 5.82. The largest absolute Gasteiger partial charge is 0.383 e. The third-order valence-electron chi connectivity index (χ3n) is 3.27. The highest BCUT2D eigenvalue weighted by atomic mass is 16.5. The van der Waals surface area contributed by atoms with Gasteiger partial charge in [-0.3, -0.25) is 9.69 Å². The fourth-order valence-electron chi connectivity index (χ4n) is 2.14. The molecule has 1 aromatic rings. The van der Waals surface area contributed by atoms with E-state index in [1.165, 1.54) is 12.8 Å². The Kier molecular flexibility index (Phi) is 4.90. The Hall–Kier alpha value is -1.19. The molecule has 0 amide bonds. The molecule has 0 radical (unpaired) electrons. The van der Waals surface area contributed by atoms with Gasteiger partial charge in [-0.2, -0.15) is 0 Å². The minimum absolute atomic E-state index is 0.296. The van der Waals surface area contributed by atoms with Gasteiger partial charge in [0.15, 0.2) is 5.78 Å². The number of methoxy groups -OCH3 is 1. The number of Topliss-reactive ketones (excluding diaryl/α,β-unsaturated/α-hetero) is 1. The Morgan fingerprint density at radius 2 is 2.06 bits per heavy atom. The van der Waals surface area contributed by atoms with E-state index < -0.39 is 0 Å². The van der Waals surface area contributed by atoms with Gasteiger partial charge in [-0.05, 0) is 18.4 Å². The van der Waals surface area contributed by atoms with Crippen molar-refractivity contribution in [2.75, 3.05) is 26.8 Å². The Morgan fingerprint density at radius 3 is 2.67 bits per heavy atom. The van der Waals surface area contributed by atoms with Crippen LogP contribution in [0.3, 0.4) is 0 Å². The van der Waals surface area contributed by atoms with E-state index >= 15 is 0 Å². The summed E-state index contributed by atoms with van der Waals surface area (Å²) in [5.74, 6) is 0.296. The van der Waals surface area contributed by atoms with Crippen molar-refractivity contribution in [3.63, 3.8) is 0 Å². The molecule has 1 aliphatic rings. The fraction of sp³-hybridized carbons (Fsp3) is 0.533. The number of hydrogen-bond donors (Lipinski definition) is 0. The van der Waals surface area contributed by atoms with Crippen LogP contribution in [0.5, 0.6) is 0 Å². The van der Waals surface area contributed by atoms with Crippen LogP contribution in [0.4, 0.5) is 0 Å². The summed E-state index contributed by atoms with van der Waals surface area (Å²) < 4.78 is 5.10. The number of carbonyl (C=O) groups excluding carboxylic acids is 1. The number of benzene rings is 1. The molecule has 3 nitrogen and oxygen atoms in total. The summed E-state index contributed by atoms with van der Waals surface area (Å²) in [6.07, 6.45) is 2.99. The third-order valence-corrected chi connectivity index (χ3v) is 3.27. The number of ether oxygens (including phenoxy) is 1. The average Bonchev–Trinajstić information content (AvgIpc) is 3.20. The molecule has 0 saturated heterocycles. The third kappa shape index (κ3) is 4.24. The average molecular weight is 247 g/mol. The molecule has 1 aliphatic carbocycles. The van der Waals surface area contributed by atoms with Crippen molar-refractivity contribution in [1.29, 1.82) is 0 Å². The van der Waals surface area contributed by atoms with Crippen molar-refractivity contribution in [1.82, 2.24) is 4.90 Å². The lowest BCUT2D eigenvalue weighted by Gasteiger charge is -2.20. The maximum absolute atomic E-state index is 12.0. The van der Waals surface area contributed by atoms with Crippen LogP contribution >= 0.6 is 0 Å². The molecule has 0 N–H and O–H groups in total. The lowest BCUT2D eigenvalue weighted by atomic mass is 10.1. The molecule has 0 atom stereocenters. The second kappa shape index (κ2) is 6.66. The van der Waals surface area contributed by atoms with Crippen LogP contribution in [0.1, 0.15) is 18.4 Å².